The van der Waals surface area contributed by atoms with E-state index in [1.807, 2.05) is 52.0 Å². The van der Waals surface area contributed by atoms with Gasteiger partial charge in [0.1, 0.15) is 5.69 Å². The Bertz CT molecular complexity index is 1230. The first-order valence-corrected chi connectivity index (χ1v) is 15.6. The highest BCUT2D eigenvalue weighted by atomic mass is 79.9. The van der Waals surface area contributed by atoms with Crippen LogP contribution in [-0.4, -0.2) is 53.2 Å². The first kappa shape index (κ1) is 33.8. The molecule has 1 aliphatic heterocycles. The van der Waals surface area contributed by atoms with E-state index in [1.165, 1.54) is 0 Å². The van der Waals surface area contributed by atoms with Crippen LogP contribution in [0.5, 0.6) is 0 Å². The number of nitrogens with one attached hydrogen (secondary N) is 1. The van der Waals surface area contributed by atoms with Crippen LogP contribution < -0.4 is 10.2 Å². The van der Waals surface area contributed by atoms with Crippen molar-refractivity contribution in [1.82, 2.24) is 9.78 Å². The number of hydrogen-bond acceptors (Lipinski definition) is 6. The highest BCUT2D eigenvalue weighted by Gasteiger charge is 2.36. The fourth-order valence-electron chi connectivity index (χ4n) is 4.46. The summed E-state index contributed by atoms with van der Waals surface area (Å²) in [5.74, 6) is 0.0469. The predicted octanol–water partition coefficient (Wildman–Crippen LogP) is 6.98. The number of ether oxygens (including phenoxy) is 2. The maximum atomic E-state index is 13.8. The Morgan fingerprint density at radius 3 is 2.32 bits per heavy atom. The Morgan fingerprint density at radius 2 is 1.73 bits per heavy atom. The zero-order valence-electron chi connectivity index (χ0n) is 25.1. The number of carbonyl (C=O) groups excluding carboxylic acids is 3. The normalized spacial score (nSPS) is 13.8. The minimum absolute atomic E-state index is 0.0331. The number of benzene rings is 1. The number of carbonyl (C=O) groups is 3. The minimum atomic E-state index is -0.528. The molecule has 2 aromatic rings. The van der Waals surface area contributed by atoms with E-state index >= 15 is 0 Å². The third-order valence-electron chi connectivity index (χ3n) is 6.36. The van der Waals surface area contributed by atoms with Gasteiger partial charge in [-0.1, -0.05) is 43.6 Å². The molecule has 2 heterocycles. The van der Waals surface area contributed by atoms with Gasteiger partial charge in [0.05, 0.1) is 19.5 Å². The van der Waals surface area contributed by atoms with E-state index in [2.05, 4.69) is 26.3 Å². The summed E-state index contributed by atoms with van der Waals surface area (Å²) in [6, 6.07) is 7.22. The molecule has 4 rings (SSSR count). The van der Waals surface area contributed by atoms with E-state index in [9.17, 15) is 14.4 Å². The van der Waals surface area contributed by atoms with Gasteiger partial charge in [0.15, 0.2) is 5.69 Å². The van der Waals surface area contributed by atoms with Gasteiger partial charge in [-0.15, -0.1) is 0 Å². The Hall–Kier alpha value is -3.40. The van der Waals surface area contributed by atoms with Crippen LogP contribution in [0.15, 0.2) is 42.2 Å². The van der Waals surface area contributed by atoms with Crippen molar-refractivity contribution < 1.29 is 23.9 Å². The molecule has 2 aliphatic rings. The van der Waals surface area contributed by atoms with E-state index in [-0.39, 0.29) is 24.1 Å². The smallest absolute Gasteiger partial charge is 0.359 e. The number of alkyl halides is 1. The summed E-state index contributed by atoms with van der Waals surface area (Å²) in [5.41, 5.74) is 3.36. The standard InChI is InChI=1S/C27H31BrN4O5.2C2H6/c1-3-37-27(35)24-22-15-17-31(19-9-7-18(8-10-19)29-23(33)6-4-5-16-28)26(34)25(22)32(30-24)20-11-13-21(36-2)14-12-20;2*1-2/h7-11,13H,3-6,12,14-17H2,1-2H3,(H,29,33);2*1-2H3. The highest BCUT2D eigenvalue weighted by molar-refractivity contribution is 9.09. The van der Waals surface area contributed by atoms with Gasteiger partial charge < -0.3 is 19.7 Å². The number of hydrogen-bond donors (Lipinski definition) is 1. The van der Waals surface area contributed by atoms with Crippen LogP contribution in [0.1, 0.15) is 93.3 Å². The molecule has 41 heavy (non-hydrogen) atoms. The quantitative estimate of drug-likeness (QED) is 0.172. The van der Waals surface area contributed by atoms with Gasteiger partial charge in [0.25, 0.3) is 5.91 Å². The molecule has 0 unspecified atom stereocenters. The number of halogens is 1. The SMILES string of the molecule is CC.CC.CCOC(=O)c1nn(C2=CC=C(OC)CC2)c2c1CCN(c1ccc(NC(=O)CCCCBr)cc1)C2=O. The van der Waals surface area contributed by atoms with Crippen molar-refractivity contribution in [1.29, 1.82) is 0 Å². The molecule has 0 bridgehead atoms. The van der Waals surface area contributed by atoms with Crippen LogP contribution in [0, 0.1) is 0 Å². The number of nitrogens with zero attached hydrogens (tertiary/aromatic N) is 3. The molecular formula is C31H43BrN4O5. The summed E-state index contributed by atoms with van der Waals surface area (Å²) in [6.45, 7) is 10.4. The van der Waals surface area contributed by atoms with Crippen LogP contribution in [0.2, 0.25) is 0 Å². The summed E-state index contributed by atoms with van der Waals surface area (Å²) in [7, 11) is 1.63. The molecule has 1 N–H and O–H groups in total. The maximum Gasteiger partial charge on any atom is 0.359 e. The summed E-state index contributed by atoms with van der Waals surface area (Å²) in [4.78, 5) is 40.3. The molecule has 0 fully saturated rings. The van der Waals surface area contributed by atoms with Gasteiger partial charge >= 0.3 is 5.97 Å². The van der Waals surface area contributed by atoms with Crippen molar-refractivity contribution >= 4 is 50.8 Å². The molecule has 1 aliphatic carbocycles. The van der Waals surface area contributed by atoms with Crippen molar-refractivity contribution in [2.45, 2.75) is 73.1 Å². The van der Waals surface area contributed by atoms with Gasteiger partial charge in [-0.25, -0.2) is 9.48 Å². The lowest BCUT2D eigenvalue weighted by atomic mass is 10.0. The molecule has 9 nitrogen and oxygen atoms in total. The zero-order chi connectivity index (χ0) is 30.4. The third kappa shape index (κ3) is 8.55. The second-order valence-corrected chi connectivity index (χ2v) is 9.54. The first-order valence-electron chi connectivity index (χ1n) is 14.5. The second kappa shape index (κ2) is 17.4. The van der Waals surface area contributed by atoms with Crippen molar-refractivity contribution in [2.75, 3.05) is 35.8 Å². The molecule has 0 saturated carbocycles. The summed E-state index contributed by atoms with van der Waals surface area (Å²) >= 11 is 3.37. The number of fused-ring (bicyclic) bond motifs is 1. The van der Waals surface area contributed by atoms with Gasteiger partial charge in [0.2, 0.25) is 5.91 Å². The predicted molar refractivity (Wildman–Crippen MR) is 168 cm³/mol. The highest BCUT2D eigenvalue weighted by Crippen LogP contribution is 2.32. The number of anilines is 2. The van der Waals surface area contributed by atoms with Crippen LogP contribution in [0.3, 0.4) is 0 Å². The monoisotopic (exact) mass is 630 g/mol. The molecule has 1 aromatic heterocycles. The lowest BCUT2D eigenvalue weighted by Gasteiger charge is -2.28. The van der Waals surface area contributed by atoms with E-state index in [0.29, 0.717) is 54.9 Å². The van der Waals surface area contributed by atoms with E-state index in [0.717, 1.165) is 29.6 Å². The molecule has 0 radical (unpaired) electrons. The van der Waals surface area contributed by atoms with Crippen LogP contribution >= 0.6 is 15.9 Å². The number of methoxy groups -OCH3 is 1. The average Bonchev–Trinajstić information content (AvgIpc) is 3.41. The fraction of sp³-hybridized carbons (Fsp3) is 0.484. The van der Waals surface area contributed by atoms with Crippen molar-refractivity contribution in [3.8, 4) is 0 Å². The lowest BCUT2D eigenvalue weighted by Crippen LogP contribution is -2.39. The molecule has 0 saturated heterocycles. The Morgan fingerprint density at radius 1 is 1.02 bits per heavy atom. The van der Waals surface area contributed by atoms with Gasteiger partial charge in [-0.2, -0.15) is 5.10 Å². The first-order chi connectivity index (χ1) is 20.0. The van der Waals surface area contributed by atoms with Crippen LogP contribution in [0.25, 0.3) is 5.70 Å². The van der Waals surface area contributed by atoms with E-state index < -0.39 is 5.97 Å². The molecule has 1 aromatic carbocycles. The summed E-state index contributed by atoms with van der Waals surface area (Å²) in [5, 5.41) is 8.32. The minimum Gasteiger partial charge on any atom is -0.501 e. The molecule has 2 amide bonds. The Balaban J connectivity index is 0.00000141. The van der Waals surface area contributed by atoms with Gasteiger partial charge in [-0.3, -0.25) is 9.59 Å². The van der Waals surface area contributed by atoms with E-state index in [4.69, 9.17) is 9.47 Å². The number of unbranched alkanes of at least 4 members (excludes halogenated alkanes) is 1. The molecule has 0 spiro atoms. The topological polar surface area (TPSA) is 103 Å². The number of aromatic nitrogens is 2. The van der Waals surface area contributed by atoms with Crippen molar-refractivity contribution in [3.05, 3.63) is 59.1 Å². The average molecular weight is 632 g/mol. The maximum absolute atomic E-state index is 13.8. The summed E-state index contributed by atoms with van der Waals surface area (Å²) in [6.07, 6.45) is 7.71. The Labute approximate surface area is 252 Å². The molecule has 10 heteroatoms. The van der Waals surface area contributed by atoms with Crippen LogP contribution in [-0.2, 0) is 20.7 Å². The molecule has 0 atom stereocenters. The molecular weight excluding hydrogens is 588 g/mol. The fourth-order valence-corrected chi connectivity index (χ4v) is 4.86. The summed E-state index contributed by atoms with van der Waals surface area (Å²) < 4.78 is 12.1. The third-order valence-corrected chi connectivity index (χ3v) is 6.92. The molecule has 224 valence electrons. The number of allylic oxidation sites excluding steroid dienone is 4. The van der Waals surface area contributed by atoms with Crippen molar-refractivity contribution in [2.24, 2.45) is 0 Å². The largest absolute Gasteiger partial charge is 0.501 e. The lowest BCUT2D eigenvalue weighted by molar-refractivity contribution is -0.116. The van der Waals surface area contributed by atoms with Crippen LogP contribution in [0.4, 0.5) is 11.4 Å². The van der Waals surface area contributed by atoms with Gasteiger partial charge in [0, 0.05) is 47.4 Å². The number of esters is 1. The number of amides is 2. The Kier molecular flexibility index (Phi) is 14.4. The number of rotatable bonds is 10. The second-order valence-electron chi connectivity index (χ2n) is 8.75. The van der Waals surface area contributed by atoms with Gasteiger partial charge in [-0.05, 0) is 69.0 Å². The van der Waals surface area contributed by atoms with Crippen molar-refractivity contribution in [3.63, 3.8) is 0 Å². The zero-order valence-corrected chi connectivity index (χ0v) is 26.7. The van der Waals surface area contributed by atoms with E-state index in [1.54, 1.807) is 35.7 Å².